The highest BCUT2D eigenvalue weighted by Crippen LogP contribution is 2.18. The molecule has 0 spiro atoms. The molecule has 0 saturated heterocycles. The third-order valence-corrected chi connectivity index (χ3v) is 3.11. The van der Waals surface area contributed by atoms with Gasteiger partial charge in [0.2, 0.25) is 17.7 Å². The fraction of sp³-hybridized carbons (Fsp3) is 0.133. The molecule has 0 saturated carbocycles. The van der Waals surface area contributed by atoms with Crippen LogP contribution in [0, 0.1) is 0 Å². The van der Waals surface area contributed by atoms with E-state index in [1.54, 1.807) is 0 Å². The van der Waals surface area contributed by atoms with Crippen molar-refractivity contribution < 1.29 is 14.4 Å². The van der Waals surface area contributed by atoms with Gasteiger partial charge >= 0.3 is 0 Å². The first-order chi connectivity index (χ1) is 9.99. The van der Waals surface area contributed by atoms with E-state index in [0.717, 1.165) is 16.3 Å². The van der Waals surface area contributed by atoms with Crippen molar-refractivity contribution in [3.63, 3.8) is 0 Å². The molecule has 0 aliphatic carbocycles. The fourth-order valence-electron chi connectivity index (χ4n) is 2.11. The maximum absolute atomic E-state index is 11.9. The maximum Gasteiger partial charge on any atom is 0.249 e. The van der Waals surface area contributed by atoms with Crippen molar-refractivity contribution in [3.05, 3.63) is 48.0 Å². The molecule has 0 heterocycles. The summed E-state index contributed by atoms with van der Waals surface area (Å²) >= 11 is 0. The van der Waals surface area contributed by atoms with Crippen molar-refractivity contribution in [2.45, 2.75) is 12.5 Å². The smallest absolute Gasteiger partial charge is 0.249 e. The van der Waals surface area contributed by atoms with Gasteiger partial charge in [0.15, 0.2) is 6.04 Å². The van der Waals surface area contributed by atoms with Crippen LogP contribution in [0.5, 0.6) is 0 Å². The van der Waals surface area contributed by atoms with Gasteiger partial charge in [-0.2, -0.15) is 0 Å². The number of amides is 3. The second-order valence-electron chi connectivity index (χ2n) is 4.62. The molecular weight excluding hydrogens is 270 g/mol. The Balaban J connectivity index is 2.18. The quantitative estimate of drug-likeness (QED) is 0.663. The summed E-state index contributed by atoms with van der Waals surface area (Å²) in [7, 11) is 0. The normalized spacial score (nSPS) is 10.5. The minimum absolute atomic E-state index is 0.0262. The van der Waals surface area contributed by atoms with Gasteiger partial charge in [0.1, 0.15) is 0 Å². The first-order valence-electron chi connectivity index (χ1n) is 6.33. The van der Waals surface area contributed by atoms with Crippen LogP contribution in [0.4, 0.5) is 0 Å². The topological polar surface area (TPSA) is 115 Å². The van der Waals surface area contributed by atoms with E-state index >= 15 is 0 Å². The fourth-order valence-corrected chi connectivity index (χ4v) is 2.11. The zero-order chi connectivity index (χ0) is 15.4. The molecule has 2 rings (SSSR count). The average molecular weight is 285 g/mol. The summed E-state index contributed by atoms with van der Waals surface area (Å²) in [5.41, 5.74) is 10.8. The summed E-state index contributed by atoms with van der Waals surface area (Å²) < 4.78 is 0. The van der Waals surface area contributed by atoms with Gasteiger partial charge in [0.25, 0.3) is 0 Å². The Morgan fingerprint density at radius 3 is 2.24 bits per heavy atom. The SMILES string of the molecule is NC(=O)C(NC(=O)Cc1cccc2ccccc12)C(N)=O. The molecule has 21 heavy (non-hydrogen) atoms. The molecule has 0 unspecified atom stereocenters. The molecule has 6 heteroatoms. The van der Waals surface area contributed by atoms with E-state index in [2.05, 4.69) is 5.32 Å². The monoisotopic (exact) mass is 285 g/mol. The maximum atomic E-state index is 11.9. The van der Waals surface area contributed by atoms with Crippen molar-refractivity contribution in [1.82, 2.24) is 5.32 Å². The van der Waals surface area contributed by atoms with E-state index in [4.69, 9.17) is 11.5 Å². The lowest BCUT2D eigenvalue weighted by molar-refractivity contribution is -0.133. The van der Waals surface area contributed by atoms with Crippen LogP contribution in [0.1, 0.15) is 5.56 Å². The molecule has 0 aliphatic rings. The molecule has 0 aromatic heterocycles. The number of benzene rings is 2. The third kappa shape index (κ3) is 3.36. The molecule has 2 aromatic rings. The second-order valence-corrected chi connectivity index (χ2v) is 4.62. The molecule has 6 nitrogen and oxygen atoms in total. The van der Waals surface area contributed by atoms with E-state index in [1.165, 1.54) is 0 Å². The summed E-state index contributed by atoms with van der Waals surface area (Å²) in [6, 6.07) is 11.7. The van der Waals surface area contributed by atoms with E-state index in [9.17, 15) is 14.4 Å². The van der Waals surface area contributed by atoms with Crippen molar-refractivity contribution >= 4 is 28.5 Å². The van der Waals surface area contributed by atoms with Crippen LogP contribution in [0.2, 0.25) is 0 Å². The van der Waals surface area contributed by atoms with Crippen LogP contribution >= 0.6 is 0 Å². The van der Waals surface area contributed by atoms with Gasteiger partial charge in [0.05, 0.1) is 6.42 Å². The minimum atomic E-state index is -1.49. The Morgan fingerprint density at radius 2 is 1.57 bits per heavy atom. The number of hydrogen-bond donors (Lipinski definition) is 3. The first kappa shape index (κ1) is 14.5. The number of nitrogens with two attached hydrogens (primary N) is 2. The molecule has 3 amide bonds. The Kier molecular flexibility index (Phi) is 4.18. The molecular formula is C15H15N3O3. The molecule has 0 atom stereocenters. The predicted octanol–water partition coefficient (Wildman–Crippen LogP) is -0.162. The highest BCUT2D eigenvalue weighted by molar-refractivity contribution is 6.06. The van der Waals surface area contributed by atoms with Gasteiger partial charge < -0.3 is 16.8 Å². The number of carbonyl (C=O) groups excluding carboxylic acids is 3. The molecule has 108 valence electrons. The van der Waals surface area contributed by atoms with Gasteiger partial charge in [-0.15, -0.1) is 0 Å². The predicted molar refractivity (Wildman–Crippen MR) is 78.0 cm³/mol. The number of rotatable bonds is 5. The summed E-state index contributed by atoms with van der Waals surface area (Å²) in [4.78, 5) is 34.0. The van der Waals surface area contributed by atoms with Crippen LogP contribution < -0.4 is 16.8 Å². The van der Waals surface area contributed by atoms with Gasteiger partial charge in [-0.25, -0.2) is 0 Å². The molecule has 0 aliphatic heterocycles. The lowest BCUT2D eigenvalue weighted by atomic mass is 10.0. The largest absolute Gasteiger partial charge is 0.367 e. The molecule has 0 fully saturated rings. The van der Waals surface area contributed by atoms with E-state index < -0.39 is 23.8 Å². The van der Waals surface area contributed by atoms with E-state index in [0.29, 0.717) is 0 Å². The number of nitrogens with one attached hydrogen (secondary N) is 1. The lowest BCUT2D eigenvalue weighted by Crippen LogP contribution is -2.52. The first-order valence-corrected chi connectivity index (χ1v) is 6.33. The second kappa shape index (κ2) is 6.04. The van der Waals surface area contributed by atoms with Crippen molar-refractivity contribution in [2.75, 3.05) is 0 Å². The van der Waals surface area contributed by atoms with Crippen molar-refractivity contribution in [2.24, 2.45) is 11.5 Å². The minimum Gasteiger partial charge on any atom is -0.367 e. The van der Waals surface area contributed by atoms with Gasteiger partial charge in [-0.3, -0.25) is 14.4 Å². The summed E-state index contributed by atoms with van der Waals surface area (Å²) in [5, 5.41) is 4.18. The Bertz CT molecular complexity index is 693. The van der Waals surface area contributed by atoms with E-state index in [1.807, 2.05) is 42.5 Å². The van der Waals surface area contributed by atoms with Crippen molar-refractivity contribution in [1.29, 1.82) is 0 Å². The van der Waals surface area contributed by atoms with Gasteiger partial charge in [-0.05, 0) is 16.3 Å². The van der Waals surface area contributed by atoms with Gasteiger partial charge in [-0.1, -0.05) is 42.5 Å². The Morgan fingerprint density at radius 1 is 0.952 bits per heavy atom. The summed E-state index contributed by atoms with van der Waals surface area (Å²) in [6.07, 6.45) is 0.0262. The highest BCUT2D eigenvalue weighted by atomic mass is 16.2. The Hall–Kier alpha value is -2.89. The zero-order valence-electron chi connectivity index (χ0n) is 11.2. The van der Waals surface area contributed by atoms with Crippen LogP contribution in [0.3, 0.4) is 0 Å². The van der Waals surface area contributed by atoms with Crippen LogP contribution in [-0.4, -0.2) is 23.8 Å². The molecule has 0 radical (unpaired) electrons. The van der Waals surface area contributed by atoms with Crippen molar-refractivity contribution in [3.8, 4) is 0 Å². The average Bonchev–Trinajstić information content (AvgIpc) is 2.44. The number of fused-ring (bicyclic) bond motifs is 1. The zero-order valence-corrected chi connectivity index (χ0v) is 11.2. The molecule has 5 N–H and O–H groups in total. The highest BCUT2D eigenvalue weighted by Gasteiger charge is 2.23. The molecule has 0 bridgehead atoms. The molecule has 2 aromatic carbocycles. The lowest BCUT2D eigenvalue weighted by Gasteiger charge is -2.12. The number of carbonyl (C=O) groups is 3. The number of primary amides is 2. The van der Waals surface area contributed by atoms with Crippen LogP contribution in [0.15, 0.2) is 42.5 Å². The standard InChI is InChI=1S/C15H15N3O3/c16-14(20)13(15(17)21)18-12(19)8-10-6-3-5-9-4-1-2-7-11(9)10/h1-7,13H,8H2,(H2,16,20)(H2,17,21)(H,18,19). The Labute approximate surface area is 121 Å². The van der Waals surface area contributed by atoms with Crippen LogP contribution in [0.25, 0.3) is 10.8 Å². The van der Waals surface area contributed by atoms with Crippen LogP contribution in [-0.2, 0) is 20.8 Å². The van der Waals surface area contributed by atoms with E-state index in [-0.39, 0.29) is 6.42 Å². The van der Waals surface area contributed by atoms with Gasteiger partial charge in [0, 0.05) is 0 Å². The number of hydrogen-bond acceptors (Lipinski definition) is 3. The summed E-state index contributed by atoms with van der Waals surface area (Å²) in [5.74, 6) is -2.45. The third-order valence-electron chi connectivity index (χ3n) is 3.11. The summed E-state index contributed by atoms with van der Waals surface area (Å²) in [6.45, 7) is 0.